The van der Waals surface area contributed by atoms with Gasteiger partial charge in [-0.1, -0.05) is 23.9 Å². The first kappa shape index (κ1) is 15.3. The van der Waals surface area contributed by atoms with Gasteiger partial charge in [0.15, 0.2) is 0 Å². The first-order valence-electron chi connectivity index (χ1n) is 8.20. The van der Waals surface area contributed by atoms with Crippen LogP contribution in [-0.4, -0.2) is 34.9 Å². The van der Waals surface area contributed by atoms with Gasteiger partial charge in [0, 0.05) is 28.4 Å². The molecule has 0 radical (unpaired) electrons. The van der Waals surface area contributed by atoms with Crippen LogP contribution in [0.15, 0.2) is 57.2 Å². The summed E-state index contributed by atoms with van der Waals surface area (Å²) in [6.07, 6.45) is 3.62. The van der Waals surface area contributed by atoms with Gasteiger partial charge < -0.3 is 10.0 Å². The van der Waals surface area contributed by atoms with E-state index in [1.165, 1.54) is 19.3 Å². The standard InChI is InChI=1S/C19H18N2O2S/c22-19(23)13-8-9-14-17(12-13)24-16-7-3-2-6-15(16)20-18(14)21-10-4-1-5-11-21/h2-3,6-9,12H,1,4-5,10-11H2,(H,22,23). The molecule has 0 unspecified atom stereocenters. The van der Waals surface area contributed by atoms with E-state index in [4.69, 9.17) is 4.99 Å². The minimum atomic E-state index is -0.896. The fraction of sp³-hybridized carbons (Fsp3) is 0.263. The van der Waals surface area contributed by atoms with E-state index in [0.29, 0.717) is 5.56 Å². The normalized spacial score (nSPS) is 16.7. The molecular formula is C19H18N2O2S. The quantitative estimate of drug-likeness (QED) is 0.836. The van der Waals surface area contributed by atoms with Gasteiger partial charge in [0.25, 0.3) is 0 Å². The van der Waals surface area contributed by atoms with Gasteiger partial charge >= 0.3 is 5.97 Å². The van der Waals surface area contributed by atoms with Gasteiger partial charge in [-0.2, -0.15) is 0 Å². The lowest BCUT2D eigenvalue weighted by atomic mass is 10.1. The van der Waals surface area contributed by atoms with Crippen LogP contribution in [0.4, 0.5) is 5.69 Å². The number of carbonyl (C=O) groups is 1. The zero-order chi connectivity index (χ0) is 16.5. The smallest absolute Gasteiger partial charge is 0.335 e. The highest BCUT2D eigenvalue weighted by molar-refractivity contribution is 7.99. The molecule has 0 bridgehead atoms. The number of para-hydroxylation sites is 1. The molecular weight excluding hydrogens is 320 g/mol. The van der Waals surface area contributed by atoms with Gasteiger partial charge in [0.2, 0.25) is 0 Å². The molecule has 0 saturated carbocycles. The molecule has 122 valence electrons. The number of carboxylic acid groups (broad SMARTS) is 1. The van der Waals surface area contributed by atoms with Crippen LogP contribution >= 0.6 is 11.8 Å². The summed E-state index contributed by atoms with van der Waals surface area (Å²) in [5.74, 6) is 0.0754. The molecule has 1 fully saturated rings. The molecule has 4 nitrogen and oxygen atoms in total. The number of likely N-dealkylation sites (tertiary alicyclic amines) is 1. The Morgan fingerprint density at radius 2 is 1.83 bits per heavy atom. The fourth-order valence-corrected chi connectivity index (χ4v) is 4.26. The van der Waals surface area contributed by atoms with E-state index in [2.05, 4.69) is 4.90 Å². The molecule has 0 aromatic heterocycles. The number of hydrogen-bond donors (Lipinski definition) is 1. The summed E-state index contributed by atoms with van der Waals surface area (Å²) in [6, 6.07) is 13.4. The maximum Gasteiger partial charge on any atom is 0.335 e. The molecule has 4 rings (SSSR count). The predicted octanol–water partition coefficient (Wildman–Crippen LogP) is 4.41. The van der Waals surface area contributed by atoms with Crippen molar-refractivity contribution < 1.29 is 9.90 Å². The molecule has 1 saturated heterocycles. The molecule has 5 heteroatoms. The summed E-state index contributed by atoms with van der Waals surface area (Å²) in [7, 11) is 0. The van der Waals surface area contributed by atoms with Crippen LogP contribution in [0.25, 0.3) is 0 Å². The van der Waals surface area contributed by atoms with Crippen LogP contribution in [0.5, 0.6) is 0 Å². The number of aliphatic imine (C=N–C) groups is 1. The largest absolute Gasteiger partial charge is 0.478 e. The second kappa shape index (κ2) is 6.32. The Balaban J connectivity index is 1.87. The van der Waals surface area contributed by atoms with Gasteiger partial charge in [0.05, 0.1) is 11.3 Å². The van der Waals surface area contributed by atoms with E-state index >= 15 is 0 Å². The third-order valence-corrected chi connectivity index (χ3v) is 5.56. The van der Waals surface area contributed by atoms with E-state index in [1.807, 2.05) is 30.3 Å². The first-order chi connectivity index (χ1) is 11.7. The van der Waals surface area contributed by atoms with E-state index < -0.39 is 5.97 Å². The highest BCUT2D eigenvalue weighted by atomic mass is 32.2. The fourth-order valence-electron chi connectivity index (χ4n) is 3.20. The first-order valence-corrected chi connectivity index (χ1v) is 9.02. The molecule has 2 aromatic carbocycles. The van der Waals surface area contributed by atoms with Crippen molar-refractivity contribution in [3.63, 3.8) is 0 Å². The SMILES string of the molecule is O=C(O)c1ccc2c(c1)Sc1ccccc1N=C2N1CCCCC1. The number of fused-ring (bicyclic) bond motifs is 2. The summed E-state index contributed by atoms with van der Waals surface area (Å²) in [4.78, 5) is 20.7. The number of benzene rings is 2. The topological polar surface area (TPSA) is 52.9 Å². The van der Waals surface area contributed by atoms with Crippen LogP contribution < -0.4 is 0 Å². The molecule has 2 aliphatic rings. The molecule has 0 aliphatic carbocycles. The molecule has 0 amide bonds. The van der Waals surface area contributed by atoms with Crippen molar-refractivity contribution in [2.45, 2.75) is 29.1 Å². The van der Waals surface area contributed by atoms with Crippen LogP contribution in [0.1, 0.15) is 35.2 Å². The van der Waals surface area contributed by atoms with Crippen molar-refractivity contribution >= 4 is 29.3 Å². The van der Waals surface area contributed by atoms with E-state index in [-0.39, 0.29) is 0 Å². The predicted molar refractivity (Wildman–Crippen MR) is 95.6 cm³/mol. The van der Waals surface area contributed by atoms with Crippen molar-refractivity contribution in [3.05, 3.63) is 53.6 Å². The second-order valence-electron chi connectivity index (χ2n) is 6.07. The maximum absolute atomic E-state index is 11.4. The van der Waals surface area contributed by atoms with E-state index in [9.17, 15) is 9.90 Å². The van der Waals surface area contributed by atoms with E-state index in [1.54, 1.807) is 23.9 Å². The van der Waals surface area contributed by atoms with Crippen molar-refractivity contribution in [1.29, 1.82) is 0 Å². The molecule has 24 heavy (non-hydrogen) atoms. The van der Waals surface area contributed by atoms with Gasteiger partial charge in [-0.3, -0.25) is 0 Å². The Morgan fingerprint density at radius 1 is 1.04 bits per heavy atom. The van der Waals surface area contributed by atoms with E-state index in [0.717, 1.165) is 40.0 Å². The third kappa shape index (κ3) is 2.80. The van der Waals surface area contributed by atoms with Gasteiger partial charge in [-0.05, 0) is 49.6 Å². The molecule has 2 aliphatic heterocycles. The average molecular weight is 338 g/mol. The summed E-state index contributed by atoms with van der Waals surface area (Å²) in [6.45, 7) is 2.01. The van der Waals surface area contributed by atoms with Crippen molar-refractivity contribution in [2.24, 2.45) is 4.99 Å². The lowest BCUT2D eigenvalue weighted by Gasteiger charge is -2.30. The van der Waals surface area contributed by atoms with Crippen LogP contribution in [0, 0.1) is 0 Å². The Hall–Kier alpha value is -2.27. The van der Waals surface area contributed by atoms with Crippen molar-refractivity contribution in [2.75, 3.05) is 13.1 Å². The zero-order valence-electron chi connectivity index (χ0n) is 13.2. The zero-order valence-corrected chi connectivity index (χ0v) is 14.1. The molecule has 0 spiro atoms. The summed E-state index contributed by atoms with van der Waals surface area (Å²) in [5, 5.41) is 9.32. The van der Waals surface area contributed by atoms with Crippen molar-refractivity contribution in [1.82, 2.24) is 4.90 Å². The van der Waals surface area contributed by atoms with Gasteiger partial charge in [-0.15, -0.1) is 0 Å². The molecule has 2 heterocycles. The number of carboxylic acids is 1. The lowest BCUT2D eigenvalue weighted by Crippen LogP contribution is -2.36. The highest BCUT2D eigenvalue weighted by Gasteiger charge is 2.24. The summed E-state index contributed by atoms with van der Waals surface area (Å²) < 4.78 is 0. The average Bonchev–Trinajstić information content (AvgIpc) is 2.78. The minimum absolute atomic E-state index is 0.318. The lowest BCUT2D eigenvalue weighted by molar-refractivity contribution is 0.0696. The summed E-state index contributed by atoms with van der Waals surface area (Å²) in [5.41, 5.74) is 2.30. The number of hydrogen-bond acceptors (Lipinski definition) is 4. The number of amidine groups is 1. The van der Waals surface area contributed by atoms with Gasteiger partial charge in [0.1, 0.15) is 5.84 Å². The number of nitrogens with zero attached hydrogens (tertiary/aromatic N) is 2. The minimum Gasteiger partial charge on any atom is -0.478 e. The number of rotatable bonds is 1. The Labute approximate surface area is 145 Å². The maximum atomic E-state index is 11.4. The second-order valence-corrected chi connectivity index (χ2v) is 7.15. The highest BCUT2D eigenvalue weighted by Crippen LogP contribution is 2.41. The Morgan fingerprint density at radius 3 is 2.62 bits per heavy atom. The monoisotopic (exact) mass is 338 g/mol. The number of aromatic carboxylic acids is 1. The van der Waals surface area contributed by atoms with Crippen LogP contribution in [0.3, 0.4) is 0 Å². The van der Waals surface area contributed by atoms with Crippen LogP contribution in [0.2, 0.25) is 0 Å². The Kier molecular flexibility index (Phi) is 4.02. The molecule has 1 N–H and O–H groups in total. The Bertz CT molecular complexity index is 826. The van der Waals surface area contributed by atoms with Crippen molar-refractivity contribution in [3.8, 4) is 0 Å². The summed E-state index contributed by atoms with van der Waals surface area (Å²) >= 11 is 1.60. The third-order valence-electron chi connectivity index (χ3n) is 4.44. The number of piperidine rings is 1. The molecule has 0 atom stereocenters. The molecule has 2 aromatic rings. The van der Waals surface area contributed by atoms with Gasteiger partial charge in [-0.25, -0.2) is 9.79 Å². The van der Waals surface area contributed by atoms with Crippen LogP contribution in [-0.2, 0) is 0 Å².